The molecular weight excluding hydrogens is 312 g/mol. The summed E-state index contributed by atoms with van der Waals surface area (Å²) in [6.07, 6.45) is 4.31. The number of nitrogens with zero attached hydrogens (tertiary/aromatic N) is 4. The molecule has 2 aromatic rings. The van der Waals surface area contributed by atoms with Gasteiger partial charge in [-0.15, -0.1) is 11.8 Å². The SMILES string of the molecule is CSc1nc(SC)c2ncn([C@H]3C[C@@H](O)[C@H](CO)O3)c2n1. The predicted octanol–water partition coefficient (Wildman–Crippen LogP) is 0.911. The van der Waals surface area contributed by atoms with Crippen molar-refractivity contribution in [2.45, 2.75) is 35.0 Å². The van der Waals surface area contributed by atoms with E-state index in [1.165, 1.54) is 23.5 Å². The number of hydrogen-bond donors (Lipinski definition) is 2. The summed E-state index contributed by atoms with van der Waals surface area (Å²) in [5.74, 6) is 0. The molecular formula is C12H16N4O3S2. The highest BCUT2D eigenvalue weighted by molar-refractivity contribution is 7.99. The molecule has 0 aliphatic carbocycles. The smallest absolute Gasteiger partial charge is 0.190 e. The first-order valence-electron chi connectivity index (χ1n) is 6.44. The van der Waals surface area contributed by atoms with Crippen LogP contribution >= 0.6 is 23.5 Å². The second-order valence-corrected chi connectivity index (χ2v) is 6.23. The van der Waals surface area contributed by atoms with Crippen LogP contribution < -0.4 is 0 Å². The maximum Gasteiger partial charge on any atom is 0.190 e. The lowest BCUT2D eigenvalue weighted by molar-refractivity contribution is -0.0432. The zero-order valence-corrected chi connectivity index (χ0v) is 13.3. The monoisotopic (exact) mass is 328 g/mol. The van der Waals surface area contributed by atoms with Crippen LogP contribution in [0.25, 0.3) is 11.2 Å². The number of fused-ring (bicyclic) bond motifs is 1. The Labute approximate surface area is 130 Å². The molecule has 3 heterocycles. The van der Waals surface area contributed by atoms with Gasteiger partial charge in [-0.1, -0.05) is 11.8 Å². The molecule has 0 amide bonds. The zero-order valence-electron chi connectivity index (χ0n) is 11.6. The third kappa shape index (κ3) is 2.64. The first-order valence-corrected chi connectivity index (χ1v) is 8.89. The van der Waals surface area contributed by atoms with E-state index in [4.69, 9.17) is 4.74 Å². The Morgan fingerprint density at radius 1 is 1.38 bits per heavy atom. The Balaban J connectivity index is 2.04. The average molecular weight is 328 g/mol. The molecule has 21 heavy (non-hydrogen) atoms. The third-order valence-electron chi connectivity index (χ3n) is 3.44. The Bertz CT molecular complexity index is 651. The Morgan fingerprint density at radius 2 is 2.19 bits per heavy atom. The molecule has 0 aromatic carbocycles. The van der Waals surface area contributed by atoms with Crippen molar-refractivity contribution in [2.75, 3.05) is 19.1 Å². The van der Waals surface area contributed by atoms with Crippen LogP contribution in [-0.2, 0) is 4.74 Å². The first kappa shape index (κ1) is 15.0. The van der Waals surface area contributed by atoms with Gasteiger partial charge in [0.15, 0.2) is 10.8 Å². The van der Waals surface area contributed by atoms with Gasteiger partial charge in [-0.05, 0) is 12.5 Å². The number of aliphatic hydroxyl groups is 2. The highest BCUT2D eigenvalue weighted by atomic mass is 32.2. The maximum absolute atomic E-state index is 9.87. The minimum Gasteiger partial charge on any atom is -0.394 e. The largest absolute Gasteiger partial charge is 0.394 e. The van der Waals surface area contributed by atoms with Crippen molar-refractivity contribution in [1.29, 1.82) is 0 Å². The van der Waals surface area contributed by atoms with E-state index >= 15 is 0 Å². The molecule has 0 bridgehead atoms. The number of ether oxygens (including phenoxy) is 1. The molecule has 0 saturated carbocycles. The number of imidazole rings is 1. The predicted molar refractivity (Wildman–Crippen MR) is 80.5 cm³/mol. The van der Waals surface area contributed by atoms with Gasteiger partial charge in [0.25, 0.3) is 0 Å². The number of aliphatic hydroxyl groups excluding tert-OH is 2. The lowest BCUT2D eigenvalue weighted by Crippen LogP contribution is -2.24. The van der Waals surface area contributed by atoms with Crippen molar-refractivity contribution < 1.29 is 14.9 Å². The van der Waals surface area contributed by atoms with Crippen molar-refractivity contribution in [3.63, 3.8) is 0 Å². The molecule has 3 atom stereocenters. The normalized spacial score (nSPS) is 25.8. The summed E-state index contributed by atoms with van der Waals surface area (Å²) in [5, 5.41) is 20.6. The number of rotatable bonds is 4. The summed E-state index contributed by atoms with van der Waals surface area (Å²) in [6, 6.07) is 0. The summed E-state index contributed by atoms with van der Waals surface area (Å²) in [4.78, 5) is 13.3. The molecule has 1 aliphatic rings. The van der Waals surface area contributed by atoms with Crippen LogP contribution in [-0.4, -0.2) is 61.1 Å². The Hall–Kier alpha value is -0.870. The van der Waals surface area contributed by atoms with Gasteiger partial charge in [-0.3, -0.25) is 4.57 Å². The highest BCUT2D eigenvalue weighted by Crippen LogP contribution is 2.32. The molecule has 9 heteroatoms. The number of aromatic nitrogens is 4. The van der Waals surface area contributed by atoms with Gasteiger partial charge in [0.2, 0.25) is 0 Å². The topological polar surface area (TPSA) is 93.3 Å². The standard InChI is InChI=1S/C12H16N4O3S2/c1-20-11-9-10(14-12(15-11)21-2)16(5-13-9)8-3-6(18)7(4-17)19-8/h5-8,17-18H,3-4H2,1-2H3/t6-,7+,8-/m1/s1. The Kier molecular flexibility index (Phi) is 4.36. The van der Waals surface area contributed by atoms with E-state index in [1.807, 2.05) is 12.5 Å². The summed E-state index contributed by atoms with van der Waals surface area (Å²) in [5.41, 5.74) is 1.42. The molecule has 7 nitrogen and oxygen atoms in total. The van der Waals surface area contributed by atoms with Gasteiger partial charge in [0.1, 0.15) is 22.9 Å². The second kappa shape index (κ2) is 6.09. The van der Waals surface area contributed by atoms with Gasteiger partial charge in [-0.25, -0.2) is 15.0 Å². The molecule has 1 saturated heterocycles. The fourth-order valence-electron chi connectivity index (χ4n) is 2.37. The van der Waals surface area contributed by atoms with Gasteiger partial charge in [0, 0.05) is 6.42 Å². The molecule has 0 spiro atoms. The van der Waals surface area contributed by atoms with Crippen molar-refractivity contribution in [3.8, 4) is 0 Å². The van der Waals surface area contributed by atoms with Gasteiger partial charge in [-0.2, -0.15) is 0 Å². The van der Waals surface area contributed by atoms with E-state index < -0.39 is 12.2 Å². The minimum absolute atomic E-state index is 0.203. The quantitative estimate of drug-likeness (QED) is 0.486. The van der Waals surface area contributed by atoms with Gasteiger partial charge >= 0.3 is 0 Å². The van der Waals surface area contributed by atoms with E-state index in [0.717, 1.165) is 10.5 Å². The summed E-state index contributed by atoms with van der Waals surface area (Å²) >= 11 is 2.99. The first-order chi connectivity index (χ1) is 10.2. The zero-order chi connectivity index (χ0) is 15.0. The van der Waals surface area contributed by atoms with Crippen LogP contribution in [0.2, 0.25) is 0 Å². The second-order valence-electron chi connectivity index (χ2n) is 4.66. The lowest BCUT2D eigenvalue weighted by Gasteiger charge is -2.13. The van der Waals surface area contributed by atoms with Crippen LogP contribution in [0.1, 0.15) is 12.6 Å². The Morgan fingerprint density at radius 3 is 2.81 bits per heavy atom. The van der Waals surface area contributed by atoms with Crippen molar-refractivity contribution >= 4 is 34.7 Å². The van der Waals surface area contributed by atoms with E-state index in [2.05, 4.69) is 15.0 Å². The molecule has 114 valence electrons. The summed E-state index contributed by atoms with van der Waals surface area (Å²) in [7, 11) is 0. The molecule has 1 fully saturated rings. The molecule has 2 aromatic heterocycles. The van der Waals surface area contributed by atoms with E-state index in [1.54, 1.807) is 10.9 Å². The fraction of sp³-hybridized carbons (Fsp3) is 0.583. The van der Waals surface area contributed by atoms with Crippen LogP contribution in [0.4, 0.5) is 0 Å². The van der Waals surface area contributed by atoms with Crippen LogP contribution in [0, 0.1) is 0 Å². The van der Waals surface area contributed by atoms with E-state index in [0.29, 0.717) is 17.2 Å². The van der Waals surface area contributed by atoms with Crippen LogP contribution in [0.3, 0.4) is 0 Å². The molecule has 3 rings (SSSR count). The van der Waals surface area contributed by atoms with E-state index in [-0.39, 0.29) is 12.8 Å². The van der Waals surface area contributed by atoms with Crippen molar-refractivity contribution in [2.24, 2.45) is 0 Å². The summed E-state index contributed by atoms with van der Waals surface area (Å²) in [6.45, 7) is -0.203. The highest BCUT2D eigenvalue weighted by Gasteiger charge is 2.35. The van der Waals surface area contributed by atoms with Gasteiger partial charge in [0.05, 0.1) is 19.0 Å². The van der Waals surface area contributed by atoms with Gasteiger partial charge < -0.3 is 14.9 Å². The van der Waals surface area contributed by atoms with Crippen LogP contribution in [0.5, 0.6) is 0 Å². The maximum atomic E-state index is 9.87. The van der Waals surface area contributed by atoms with E-state index in [9.17, 15) is 10.2 Å². The summed E-state index contributed by atoms with van der Waals surface area (Å²) < 4.78 is 7.47. The molecule has 0 radical (unpaired) electrons. The lowest BCUT2D eigenvalue weighted by atomic mass is 10.2. The van der Waals surface area contributed by atoms with Crippen LogP contribution in [0.15, 0.2) is 16.5 Å². The fourth-order valence-corrected chi connectivity index (χ4v) is 3.30. The molecule has 1 aliphatic heterocycles. The number of thioether (sulfide) groups is 2. The minimum atomic E-state index is -0.681. The van der Waals surface area contributed by atoms with Crippen molar-refractivity contribution in [1.82, 2.24) is 19.5 Å². The number of hydrogen-bond acceptors (Lipinski definition) is 8. The molecule has 0 unspecified atom stereocenters. The average Bonchev–Trinajstić information content (AvgIpc) is 3.08. The molecule has 2 N–H and O–H groups in total. The van der Waals surface area contributed by atoms with Crippen molar-refractivity contribution in [3.05, 3.63) is 6.33 Å². The third-order valence-corrected chi connectivity index (χ3v) is 4.66.